The van der Waals surface area contributed by atoms with E-state index in [2.05, 4.69) is 17.1 Å². The van der Waals surface area contributed by atoms with E-state index >= 15 is 0 Å². The summed E-state index contributed by atoms with van der Waals surface area (Å²) < 4.78 is 24.6. The van der Waals surface area contributed by atoms with Crippen LogP contribution in [0.3, 0.4) is 0 Å². The van der Waals surface area contributed by atoms with Gasteiger partial charge in [0, 0.05) is 31.4 Å². The fourth-order valence-electron chi connectivity index (χ4n) is 3.62. The second kappa shape index (κ2) is 8.97. The van der Waals surface area contributed by atoms with Gasteiger partial charge in [-0.3, -0.25) is 14.0 Å². The zero-order valence-electron chi connectivity index (χ0n) is 17.3. The highest BCUT2D eigenvalue weighted by Crippen LogP contribution is 2.21. The van der Waals surface area contributed by atoms with Gasteiger partial charge < -0.3 is 5.32 Å². The maximum Gasteiger partial charge on any atom is 0.255 e. The summed E-state index contributed by atoms with van der Waals surface area (Å²) in [6, 6.07) is 14.5. The van der Waals surface area contributed by atoms with Crippen LogP contribution in [-0.2, 0) is 16.6 Å². The second-order valence-electron chi connectivity index (χ2n) is 7.91. The first-order valence-corrected chi connectivity index (χ1v) is 11.7. The SMILES string of the molecule is CC1CCCN(Cc2ccc(C(=O)Nc3cccc(N(C)S(C)(=O)=O)c3)cc2)C1. The van der Waals surface area contributed by atoms with Crippen LogP contribution in [0.25, 0.3) is 0 Å². The van der Waals surface area contributed by atoms with Crippen molar-refractivity contribution in [2.45, 2.75) is 26.3 Å². The topological polar surface area (TPSA) is 69.7 Å². The van der Waals surface area contributed by atoms with E-state index < -0.39 is 10.0 Å². The molecule has 29 heavy (non-hydrogen) atoms. The van der Waals surface area contributed by atoms with Gasteiger partial charge in [0.25, 0.3) is 5.91 Å². The van der Waals surface area contributed by atoms with Crippen LogP contribution in [-0.4, -0.2) is 45.6 Å². The second-order valence-corrected chi connectivity index (χ2v) is 9.93. The third-order valence-electron chi connectivity index (χ3n) is 5.33. The average Bonchev–Trinajstić information content (AvgIpc) is 2.67. The molecule has 0 aromatic heterocycles. The van der Waals surface area contributed by atoms with E-state index in [-0.39, 0.29) is 5.91 Å². The zero-order chi connectivity index (χ0) is 21.0. The first-order valence-electron chi connectivity index (χ1n) is 9.89. The van der Waals surface area contributed by atoms with Crippen LogP contribution in [0, 0.1) is 5.92 Å². The van der Waals surface area contributed by atoms with Crippen LogP contribution in [0.15, 0.2) is 48.5 Å². The number of benzene rings is 2. The van der Waals surface area contributed by atoms with E-state index in [1.165, 1.54) is 29.8 Å². The number of rotatable bonds is 6. The monoisotopic (exact) mass is 415 g/mol. The third kappa shape index (κ3) is 5.81. The van der Waals surface area contributed by atoms with Crippen molar-refractivity contribution in [1.29, 1.82) is 0 Å². The van der Waals surface area contributed by atoms with Gasteiger partial charge in [-0.15, -0.1) is 0 Å². The smallest absolute Gasteiger partial charge is 0.255 e. The summed E-state index contributed by atoms with van der Waals surface area (Å²) in [5.41, 5.74) is 2.82. The average molecular weight is 416 g/mol. The highest BCUT2D eigenvalue weighted by molar-refractivity contribution is 7.92. The van der Waals surface area contributed by atoms with E-state index in [0.717, 1.165) is 31.8 Å². The lowest BCUT2D eigenvalue weighted by atomic mass is 9.99. The highest BCUT2D eigenvalue weighted by atomic mass is 32.2. The quantitative estimate of drug-likeness (QED) is 0.783. The molecule has 0 spiro atoms. The summed E-state index contributed by atoms with van der Waals surface area (Å²) in [5, 5.41) is 2.84. The Kier molecular flexibility index (Phi) is 6.59. The molecule has 2 aromatic rings. The Balaban J connectivity index is 1.64. The molecule has 1 amide bonds. The molecule has 6 nitrogen and oxygen atoms in total. The van der Waals surface area contributed by atoms with Crippen LogP contribution >= 0.6 is 0 Å². The first-order chi connectivity index (χ1) is 13.7. The number of nitrogens with one attached hydrogen (secondary N) is 1. The first kappa shape index (κ1) is 21.3. The van der Waals surface area contributed by atoms with Crippen LogP contribution in [0.2, 0.25) is 0 Å². The van der Waals surface area contributed by atoms with Crippen molar-refractivity contribution in [2.75, 3.05) is 36.0 Å². The molecule has 1 heterocycles. The summed E-state index contributed by atoms with van der Waals surface area (Å²) >= 11 is 0. The number of hydrogen-bond acceptors (Lipinski definition) is 4. The molecule has 1 aliphatic heterocycles. The molecule has 1 fully saturated rings. The predicted octanol–water partition coefficient (Wildman–Crippen LogP) is 3.57. The van der Waals surface area contributed by atoms with Crippen molar-refractivity contribution in [1.82, 2.24) is 4.90 Å². The van der Waals surface area contributed by atoms with Gasteiger partial charge in [-0.25, -0.2) is 8.42 Å². The fraction of sp³-hybridized carbons (Fsp3) is 0.409. The Hall–Kier alpha value is -2.38. The van der Waals surface area contributed by atoms with E-state index in [0.29, 0.717) is 16.9 Å². The van der Waals surface area contributed by atoms with Gasteiger partial charge in [0.05, 0.1) is 11.9 Å². The zero-order valence-corrected chi connectivity index (χ0v) is 18.1. The number of carbonyl (C=O) groups excluding carboxylic acids is 1. The predicted molar refractivity (Wildman–Crippen MR) is 118 cm³/mol. The fourth-order valence-corrected chi connectivity index (χ4v) is 4.12. The molecule has 0 bridgehead atoms. The molecule has 1 atom stereocenters. The molecule has 7 heteroatoms. The molecule has 1 N–H and O–H groups in total. The molecule has 2 aromatic carbocycles. The number of sulfonamides is 1. The number of nitrogens with zero attached hydrogens (tertiary/aromatic N) is 2. The molecule has 1 aliphatic rings. The maximum atomic E-state index is 12.6. The number of carbonyl (C=O) groups is 1. The molecule has 3 rings (SSSR count). The van der Waals surface area contributed by atoms with E-state index in [1.54, 1.807) is 24.3 Å². The molecule has 156 valence electrons. The lowest BCUT2D eigenvalue weighted by molar-refractivity contribution is 0.102. The van der Waals surface area contributed by atoms with Crippen LogP contribution < -0.4 is 9.62 Å². The number of anilines is 2. The van der Waals surface area contributed by atoms with Crippen molar-refractivity contribution in [2.24, 2.45) is 5.92 Å². The van der Waals surface area contributed by atoms with Crippen molar-refractivity contribution >= 4 is 27.3 Å². The Morgan fingerprint density at radius 1 is 1.21 bits per heavy atom. The lowest BCUT2D eigenvalue weighted by Gasteiger charge is -2.30. The van der Waals surface area contributed by atoms with Crippen molar-refractivity contribution in [3.8, 4) is 0 Å². The molecule has 1 saturated heterocycles. The number of piperidine rings is 1. The molecule has 0 radical (unpaired) electrons. The van der Waals surface area contributed by atoms with Gasteiger partial charge in [-0.05, 0) is 61.2 Å². The highest BCUT2D eigenvalue weighted by Gasteiger charge is 2.17. The summed E-state index contributed by atoms with van der Waals surface area (Å²) in [7, 11) is -1.87. The molecular weight excluding hydrogens is 386 g/mol. The number of hydrogen-bond donors (Lipinski definition) is 1. The van der Waals surface area contributed by atoms with Gasteiger partial charge in [0.1, 0.15) is 0 Å². The molecule has 0 saturated carbocycles. The van der Waals surface area contributed by atoms with Gasteiger partial charge in [0.15, 0.2) is 0 Å². The maximum absolute atomic E-state index is 12.6. The minimum atomic E-state index is -3.36. The summed E-state index contributed by atoms with van der Waals surface area (Å²) in [5.74, 6) is 0.522. The molecule has 1 unspecified atom stereocenters. The Morgan fingerprint density at radius 2 is 1.93 bits per heavy atom. The van der Waals surface area contributed by atoms with Gasteiger partial charge in [-0.1, -0.05) is 25.1 Å². The normalized spacial score (nSPS) is 17.7. The van der Waals surface area contributed by atoms with Crippen molar-refractivity contribution < 1.29 is 13.2 Å². The Bertz CT molecular complexity index is 958. The minimum absolute atomic E-state index is 0.220. The van der Waals surface area contributed by atoms with Crippen molar-refractivity contribution in [3.05, 3.63) is 59.7 Å². The third-order valence-corrected chi connectivity index (χ3v) is 6.53. The number of likely N-dealkylation sites (tertiary alicyclic amines) is 1. The Labute approximate surface area is 173 Å². The minimum Gasteiger partial charge on any atom is -0.322 e. The summed E-state index contributed by atoms with van der Waals surface area (Å²) in [4.78, 5) is 15.0. The van der Waals surface area contributed by atoms with Gasteiger partial charge in [-0.2, -0.15) is 0 Å². The lowest BCUT2D eigenvalue weighted by Crippen LogP contribution is -2.33. The van der Waals surface area contributed by atoms with Crippen molar-refractivity contribution in [3.63, 3.8) is 0 Å². The molecule has 0 aliphatic carbocycles. The van der Waals surface area contributed by atoms with E-state index in [1.807, 2.05) is 24.3 Å². The van der Waals surface area contributed by atoms with Crippen LogP contribution in [0.5, 0.6) is 0 Å². The Morgan fingerprint density at radius 3 is 2.59 bits per heavy atom. The summed E-state index contributed by atoms with van der Waals surface area (Å²) in [6.45, 7) is 5.46. The summed E-state index contributed by atoms with van der Waals surface area (Å²) in [6.07, 6.45) is 3.69. The number of amides is 1. The molecular formula is C22H29N3O3S. The van der Waals surface area contributed by atoms with Crippen LogP contribution in [0.1, 0.15) is 35.7 Å². The van der Waals surface area contributed by atoms with Crippen LogP contribution in [0.4, 0.5) is 11.4 Å². The largest absolute Gasteiger partial charge is 0.322 e. The van der Waals surface area contributed by atoms with Gasteiger partial charge >= 0.3 is 0 Å². The van der Waals surface area contributed by atoms with Gasteiger partial charge in [0.2, 0.25) is 10.0 Å². The van der Waals surface area contributed by atoms with E-state index in [4.69, 9.17) is 0 Å². The standard InChI is InChI=1S/C22H29N3O3S/c1-17-6-5-13-25(15-17)16-18-9-11-19(12-10-18)22(26)23-20-7-4-8-21(14-20)24(2)29(3,27)28/h4,7-12,14,17H,5-6,13,15-16H2,1-3H3,(H,23,26). The van der Waals surface area contributed by atoms with E-state index in [9.17, 15) is 13.2 Å².